The predicted molar refractivity (Wildman–Crippen MR) is 57.5 cm³/mol. The van der Waals surface area contributed by atoms with Gasteiger partial charge in [-0.15, -0.1) is 0 Å². The van der Waals surface area contributed by atoms with Crippen LogP contribution in [0.1, 0.15) is 0 Å². The van der Waals surface area contributed by atoms with Gasteiger partial charge in [0.05, 0.1) is 19.8 Å². The number of hydrogen-bond donors (Lipinski definition) is 3. The maximum Gasteiger partial charge on any atom is 0.418 e. The number of carboxylic acid groups (broad SMARTS) is 1. The zero-order chi connectivity index (χ0) is 13.5. The summed E-state index contributed by atoms with van der Waals surface area (Å²) in [7, 11) is 0. The Morgan fingerprint density at radius 3 is 2.56 bits per heavy atom. The van der Waals surface area contributed by atoms with Crippen molar-refractivity contribution in [3.63, 3.8) is 0 Å². The highest BCUT2D eigenvalue weighted by atomic mass is 16.6. The fraction of sp³-hybridized carbons (Fsp3) is 0.667. The van der Waals surface area contributed by atoms with Crippen molar-refractivity contribution in [2.24, 2.45) is 5.73 Å². The highest BCUT2D eigenvalue weighted by Crippen LogP contribution is 1.96. The second kappa shape index (κ2) is 6.77. The van der Waals surface area contributed by atoms with Gasteiger partial charge in [-0.3, -0.25) is 5.73 Å². The highest BCUT2D eigenvalue weighted by molar-refractivity contribution is 6.28. The quantitative estimate of drug-likeness (QED) is 0.302. The first-order valence-electron chi connectivity index (χ1n) is 5.30. The van der Waals surface area contributed by atoms with Crippen LogP contribution in [0.5, 0.6) is 0 Å². The largest absolute Gasteiger partial charge is 0.473 e. The van der Waals surface area contributed by atoms with Crippen LogP contribution in [0.15, 0.2) is 0 Å². The summed E-state index contributed by atoms with van der Waals surface area (Å²) in [6.45, 7) is 1.71. The van der Waals surface area contributed by atoms with Crippen LogP contribution in [0.25, 0.3) is 0 Å². The number of hydrogen-bond acceptors (Lipinski definition) is 6. The van der Waals surface area contributed by atoms with Crippen molar-refractivity contribution >= 4 is 18.0 Å². The summed E-state index contributed by atoms with van der Waals surface area (Å²) in [6, 6.07) is -0.361. The van der Waals surface area contributed by atoms with E-state index in [2.05, 4.69) is 10.1 Å². The lowest BCUT2D eigenvalue weighted by Gasteiger charge is -2.27. The standard InChI is InChI=1S/C9H15N3O6/c10-6(18-8(15)7(13)14)5-11-9(16)12-1-3-17-4-2-12/h6H,1-5,10H2,(H,11,16)(H,13,14). The zero-order valence-electron chi connectivity index (χ0n) is 9.63. The van der Waals surface area contributed by atoms with Crippen LogP contribution in [0.3, 0.4) is 0 Å². The van der Waals surface area contributed by atoms with Gasteiger partial charge >= 0.3 is 18.0 Å². The van der Waals surface area contributed by atoms with E-state index in [4.69, 9.17) is 15.6 Å². The molecule has 0 aromatic carbocycles. The third-order valence-corrected chi connectivity index (χ3v) is 2.19. The molecule has 4 N–H and O–H groups in total. The Bertz CT molecular complexity index is 328. The lowest BCUT2D eigenvalue weighted by Crippen LogP contribution is -2.49. The Morgan fingerprint density at radius 1 is 1.39 bits per heavy atom. The van der Waals surface area contributed by atoms with Crippen LogP contribution in [0, 0.1) is 0 Å². The molecule has 102 valence electrons. The van der Waals surface area contributed by atoms with Crippen LogP contribution in [0.4, 0.5) is 4.79 Å². The zero-order valence-corrected chi connectivity index (χ0v) is 9.63. The molecule has 1 unspecified atom stereocenters. The molecule has 1 aliphatic rings. The molecule has 1 heterocycles. The van der Waals surface area contributed by atoms with E-state index < -0.39 is 18.2 Å². The van der Waals surface area contributed by atoms with Crippen molar-refractivity contribution < 1.29 is 29.0 Å². The van der Waals surface area contributed by atoms with E-state index in [0.29, 0.717) is 26.3 Å². The van der Waals surface area contributed by atoms with Crippen LogP contribution in [-0.4, -0.2) is 67.1 Å². The van der Waals surface area contributed by atoms with Gasteiger partial charge < -0.3 is 24.8 Å². The Balaban J connectivity index is 2.24. The Morgan fingerprint density at radius 2 is 2.00 bits per heavy atom. The Kier molecular flexibility index (Phi) is 5.33. The van der Waals surface area contributed by atoms with Gasteiger partial charge in [0.2, 0.25) is 0 Å². The van der Waals surface area contributed by atoms with E-state index in [1.54, 1.807) is 0 Å². The van der Waals surface area contributed by atoms with Crippen molar-refractivity contribution in [3.05, 3.63) is 0 Å². The first kappa shape index (κ1) is 14.2. The molecule has 0 aromatic heterocycles. The average molecular weight is 261 g/mol. The van der Waals surface area contributed by atoms with Gasteiger partial charge in [0, 0.05) is 13.1 Å². The maximum absolute atomic E-state index is 11.6. The van der Waals surface area contributed by atoms with Gasteiger partial charge in [-0.25, -0.2) is 14.4 Å². The molecule has 2 amide bonds. The van der Waals surface area contributed by atoms with E-state index in [1.165, 1.54) is 4.90 Å². The lowest BCUT2D eigenvalue weighted by molar-refractivity contribution is -0.167. The lowest BCUT2D eigenvalue weighted by atomic mass is 10.4. The molecular formula is C9H15N3O6. The maximum atomic E-state index is 11.6. The number of esters is 1. The van der Waals surface area contributed by atoms with Crippen LogP contribution < -0.4 is 11.1 Å². The monoisotopic (exact) mass is 261 g/mol. The molecule has 1 fully saturated rings. The molecular weight excluding hydrogens is 246 g/mol. The van der Waals surface area contributed by atoms with Gasteiger partial charge in [-0.05, 0) is 0 Å². The highest BCUT2D eigenvalue weighted by Gasteiger charge is 2.20. The minimum absolute atomic E-state index is 0.158. The van der Waals surface area contributed by atoms with E-state index in [0.717, 1.165) is 0 Å². The molecule has 0 radical (unpaired) electrons. The van der Waals surface area contributed by atoms with Gasteiger partial charge in [-0.1, -0.05) is 0 Å². The molecule has 0 spiro atoms. The van der Waals surface area contributed by atoms with Crippen LogP contribution in [0.2, 0.25) is 0 Å². The molecule has 1 rings (SSSR count). The molecule has 1 aliphatic heterocycles. The van der Waals surface area contributed by atoms with Gasteiger partial charge in [-0.2, -0.15) is 0 Å². The normalized spacial score (nSPS) is 16.8. The van der Waals surface area contributed by atoms with Crippen molar-refractivity contribution in [2.75, 3.05) is 32.8 Å². The third kappa shape index (κ3) is 4.55. The number of aliphatic carboxylic acids is 1. The molecule has 1 saturated heterocycles. The summed E-state index contributed by atoms with van der Waals surface area (Å²) >= 11 is 0. The molecule has 0 bridgehead atoms. The summed E-state index contributed by atoms with van der Waals surface area (Å²) in [5.41, 5.74) is 5.33. The summed E-state index contributed by atoms with van der Waals surface area (Å²) in [5, 5.41) is 10.7. The smallest absolute Gasteiger partial charge is 0.418 e. The second-order valence-electron chi connectivity index (χ2n) is 3.53. The third-order valence-electron chi connectivity index (χ3n) is 2.19. The van der Waals surface area contributed by atoms with Crippen LogP contribution >= 0.6 is 0 Å². The van der Waals surface area contributed by atoms with E-state index in [9.17, 15) is 14.4 Å². The predicted octanol–water partition coefficient (Wildman–Crippen LogP) is -2.06. The second-order valence-corrected chi connectivity index (χ2v) is 3.53. The molecule has 9 heteroatoms. The first-order valence-corrected chi connectivity index (χ1v) is 5.30. The van der Waals surface area contributed by atoms with Gasteiger partial charge in [0.25, 0.3) is 0 Å². The minimum Gasteiger partial charge on any atom is -0.473 e. The fourth-order valence-electron chi connectivity index (χ4n) is 1.30. The summed E-state index contributed by atoms with van der Waals surface area (Å²) in [4.78, 5) is 33.9. The molecule has 0 aromatic rings. The topological polar surface area (TPSA) is 131 Å². The van der Waals surface area contributed by atoms with E-state index in [-0.39, 0.29) is 12.6 Å². The Hall–Kier alpha value is -1.87. The van der Waals surface area contributed by atoms with Gasteiger partial charge in [0.1, 0.15) is 0 Å². The summed E-state index contributed by atoms with van der Waals surface area (Å²) in [5.74, 6) is -3.19. The Labute approximate surface area is 103 Å². The number of carboxylic acids is 1. The number of amides is 2. The molecule has 0 aliphatic carbocycles. The van der Waals surface area contributed by atoms with Gasteiger partial charge in [0.15, 0.2) is 6.23 Å². The number of nitrogens with one attached hydrogen (secondary N) is 1. The molecule has 18 heavy (non-hydrogen) atoms. The summed E-state index contributed by atoms with van der Waals surface area (Å²) in [6.07, 6.45) is -1.20. The number of carbonyl (C=O) groups excluding carboxylic acids is 2. The fourth-order valence-corrected chi connectivity index (χ4v) is 1.30. The minimum atomic E-state index is -1.73. The average Bonchev–Trinajstić information content (AvgIpc) is 2.36. The number of morpholine rings is 1. The van der Waals surface area contributed by atoms with E-state index in [1.807, 2.05) is 0 Å². The van der Waals surface area contributed by atoms with Crippen molar-refractivity contribution in [3.8, 4) is 0 Å². The SMILES string of the molecule is NC(CNC(=O)N1CCOCC1)OC(=O)C(=O)O. The molecule has 0 saturated carbocycles. The first-order chi connectivity index (χ1) is 8.50. The van der Waals surface area contributed by atoms with E-state index >= 15 is 0 Å². The van der Waals surface area contributed by atoms with Crippen LogP contribution in [-0.2, 0) is 19.1 Å². The number of urea groups is 1. The van der Waals surface area contributed by atoms with Crippen molar-refractivity contribution in [1.29, 1.82) is 0 Å². The number of carbonyl (C=O) groups is 3. The number of ether oxygens (including phenoxy) is 2. The summed E-state index contributed by atoms with van der Waals surface area (Å²) < 4.78 is 9.40. The number of nitrogens with two attached hydrogens (primary N) is 1. The van der Waals surface area contributed by atoms with Crippen molar-refractivity contribution in [1.82, 2.24) is 10.2 Å². The molecule has 1 atom stereocenters. The van der Waals surface area contributed by atoms with Crippen molar-refractivity contribution in [2.45, 2.75) is 6.23 Å². The number of nitrogens with zero attached hydrogens (tertiary/aromatic N) is 1. The molecule has 9 nitrogen and oxygen atoms in total. The number of rotatable bonds is 3.